The highest BCUT2D eigenvalue weighted by Gasteiger charge is 2.39. The first kappa shape index (κ1) is 6.09. The highest BCUT2D eigenvalue weighted by molar-refractivity contribution is 4.92. The van der Waals surface area contributed by atoms with Gasteiger partial charge in [0.15, 0.2) is 0 Å². The predicted molar refractivity (Wildman–Crippen MR) is 35.6 cm³/mol. The summed E-state index contributed by atoms with van der Waals surface area (Å²) in [5.41, 5.74) is 6.17. The monoisotopic (exact) mass is 113 g/mol. The summed E-state index contributed by atoms with van der Waals surface area (Å²) in [7, 11) is 0. The molecule has 1 saturated carbocycles. The highest BCUT2D eigenvalue weighted by Crippen LogP contribution is 2.48. The van der Waals surface area contributed by atoms with Gasteiger partial charge in [-0.1, -0.05) is 13.3 Å². The van der Waals surface area contributed by atoms with Gasteiger partial charge in [-0.2, -0.15) is 0 Å². The zero-order chi connectivity index (χ0) is 6.04. The Morgan fingerprint density at radius 1 is 1.50 bits per heavy atom. The van der Waals surface area contributed by atoms with E-state index >= 15 is 0 Å². The van der Waals surface area contributed by atoms with E-state index in [1.165, 1.54) is 25.7 Å². The molecule has 1 aliphatic carbocycles. The van der Waals surface area contributed by atoms with Crippen LogP contribution in [0.4, 0.5) is 0 Å². The van der Waals surface area contributed by atoms with E-state index in [0.717, 1.165) is 6.54 Å². The Hall–Kier alpha value is -0.0400. The van der Waals surface area contributed by atoms with Crippen LogP contribution in [0.1, 0.15) is 32.6 Å². The molecule has 1 nitrogen and oxygen atoms in total. The van der Waals surface area contributed by atoms with Crippen LogP contribution in [0.5, 0.6) is 0 Å². The first-order valence-electron chi connectivity index (χ1n) is 3.53. The lowest BCUT2D eigenvalue weighted by Gasteiger charge is -2.07. The molecule has 0 aromatic rings. The van der Waals surface area contributed by atoms with E-state index in [0.29, 0.717) is 5.41 Å². The van der Waals surface area contributed by atoms with Crippen LogP contribution in [-0.4, -0.2) is 6.54 Å². The lowest BCUT2D eigenvalue weighted by molar-refractivity contribution is 0.472. The summed E-state index contributed by atoms with van der Waals surface area (Å²) in [6.45, 7) is 3.15. The second-order valence-corrected chi connectivity index (χ2v) is 2.95. The summed E-state index contributed by atoms with van der Waals surface area (Å²) in [6.07, 6.45) is 5.43. The fourth-order valence-corrected chi connectivity index (χ4v) is 1.26. The molecule has 0 aromatic carbocycles. The molecule has 0 heterocycles. The van der Waals surface area contributed by atoms with Gasteiger partial charge in [0.05, 0.1) is 0 Å². The molecule has 0 unspecified atom stereocenters. The van der Waals surface area contributed by atoms with Gasteiger partial charge in [0.2, 0.25) is 0 Å². The van der Waals surface area contributed by atoms with Crippen LogP contribution in [0.25, 0.3) is 0 Å². The Kier molecular flexibility index (Phi) is 1.57. The van der Waals surface area contributed by atoms with Gasteiger partial charge in [0.25, 0.3) is 0 Å². The summed E-state index contributed by atoms with van der Waals surface area (Å²) in [5, 5.41) is 0. The highest BCUT2D eigenvalue weighted by atomic mass is 14.6. The van der Waals surface area contributed by atoms with Crippen LogP contribution in [0.15, 0.2) is 0 Å². The van der Waals surface area contributed by atoms with Crippen LogP contribution in [0.3, 0.4) is 0 Å². The van der Waals surface area contributed by atoms with E-state index in [4.69, 9.17) is 5.73 Å². The summed E-state index contributed by atoms with van der Waals surface area (Å²) in [4.78, 5) is 0. The molecule has 0 atom stereocenters. The van der Waals surface area contributed by atoms with Crippen molar-refractivity contribution in [3.8, 4) is 0 Å². The molecule has 1 fully saturated rings. The largest absolute Gasteiger partial charge is 0.330 e. The van der Waals surface area contributed by atoms with Gasteiger partial charge >= 0.3 is 0 Å². The van der Waals surface area contributed by atoms with Crippen molar-refractivity contribution in [3.63, 3.8) is 0 Å². The molecule has 0 amide bonds. The van der Waals surface area contributed by atoms with Crippen LogP contribution < -0.4 is 5.73 Å². The van der Waals surface area contributed by atoms with E-state index in [1.54, 1.807) is 0 Å². The lowest BCUT2D eigenvalue weighted by Crippen LogP contribution is -2.14. The van der Waals surface area contributed by atoms with Crippen LogP contribution in [0.2, 0.25) is 0 Å². The van der Waals surface area contributed by atoms with Gasteiger partial charge < -0.3 is 5.73 Å². The Bertz CT molecular complexity index is 74.5. The molecule has 2 N–H and O–H groups in total. The summed E-state index contributed by atoms with van der Waals surface area (Å²) < 4.78 is 0. The average Bonchev–Trinajstić information content (AvgIpc) is 2.50. The SMILES string of the molecule is CCCC1(CN)CC1. The maximum Gasteiger partial charge on any atom is -0.00205 e. The van der Waals surface area contributed by atoms with Gasteiger partial charge in [-0.3, -0.25) is 0 Å². The minimum Gasteiger partial charge on any atom is -0.330 e. The molecule has 1 rings (SSSR count). The van der Waals surface area contributed by atoms with Crippen LogP contribution in [-0.2, 0) is 0 Å². The quantitative estimate of drug-likeness (QED) is 0.590. The molecule has 0 saturated heterocycles. The first-order chi connectivity index (χ1) is 3.83. The lowest BCUT2D eigenvalue weighted by atomic mass is 10.0. The fraction of sp³-hybridized carbons (Fsp3) is 1.00. The number of rotatable bonds is 3. The molecule has 0 radical (unpaired) electrons. The third-order valence-corrected chi connectivity index (χ3v) is 2.17. The minimum atomic E-state index is 0.620. The zero-order valence-electron chi connectivity index (χ0n) is 5.61. The van der Waals surface area contributed by atoms with Crippen molar-refractivity contribution in [1.29, 1.82) is 0 Å². The van der Waals surface area contributed by atoms with Crippen molar-refractivity contribution in [2.75, 3.05) is 6.54 Å². The normalized spacial score (nSPS) is 23.2. The van der Waals surface area contributed by atoms with E-state index in [-0.39, 0.29) is 0 Å². The predicted octanol–water partition coefficient (Wildman–Crippen LogP) is 1.53. The molecule has 0 aliphatic heterocycles. The van der Waals surface area contributed by atoms with Crippen molar-refractivity contribution >= 4 is 0 Å². The van der Waals surface area contributed by atoms with E-state index < -0.39 is 0 Å². The zero-order valence-corrected chi connectivity index (χ0v) is 5.61. The Balaban J connectivity index is 2.20. The Labute approximate surface area is 51.3 Å². The van der Waals surface area contributed by atoms with Crippen molar-refractivity contribution < 1.29 is 0 Å². The van der Waals surface area contributed by atoms with Gasteiger partial charge in [-0.25, -0.2) is 0 Å². The average molecular weight is 113 g/mol. The summed E-state index contributed by atoms with van der Waals surface area (Å²) in [5.74, 6) is 0. The molecule has 0 aromatic heterocycles. The second kappa shape index (κ2) is 2.06. The maximum atomic E-state index is 5.55. The Morgan fingerprint density at radius 3 is 2.25 bits per heavy atom. The van der Waals surface area contributed by atoms with Gasteiger partial charge in [-0.15, -0.1) is 0 Å². The number of hydrogen-bond acceptors (Lipinski definition) is 1. The summed E-state index contributed by atoms with van der Waals surface area (Å²) in [6, 6.07) is 0. The van der Waals surface area contributed by atoms with Gasteiger partial charge in [0.1, 0.15) is 0 Å². The molecular weight excluding hydrogens is 98.1 g/mol. The second-order valence-electron chi connectivity index (χ2n) is 2.95. The molecule has 0 bridgehead atoms. The minimum absolute atomic E-state index is 0.620. The molecular formula is C7H15N. The van der Waals surface area contributed by atoms with E-state index in [1.807, 2.05) is 0 Å². The van der Waals surface area contributed by atoms with Crippen LogP contribution >= 0.6 is 0 Å². The Morgan fingerprint density at radius 2 is 2.12 bits per heavy atom. The fourth-order valence-electron chi connectivity index (χ4n) is 1.26. The molecule has 0 spiro atoms. The molecule has 1 heteroatoms. The molecule has 1 aliphatic rings. The molecule has 48 valence electrons. The van der Waals surface area contributed by atoms with Gasteiger partial charge in [0, 0.05) is 0 Å². The maximum absolute atomic E-state index is 5.55. The topological polar surface area (TPSA) is 26.0 Å². The van der Waals surface area contributed by atoms with Crippen molar-refractivity contribution in [2.24, 2.45) is 11.1 Å². The third kappa shape index (κ3) is 1.03. The van der Waals surface area contributed by atoms with Crippen LogP contribution in [0, 0.1) is 5.41 Å². The first-order valence-corrected chi connectivity index (χ1v) is 3.53. The molecule has 8 heavy (non-hydrogen) atoms. The van der Waals surface area contributed by atoms with Crippen molar-refractivity contribution in [2.45, 2.75) is 32.6 Å². The number of nitrogens with two attached hydrogens (primary N) is 1. The van der Waals surface area contributed by atoms with E-state index in [2.05, 4.69) is 6.92 Å². The smallest absolute Gasteiger partial charge is 0.00205 e. The number of hydrogen-bond donors (Lipinski definition) is 1. The standard InChI is InChI=1S/C7H15N/c1-2-3-7(6-8)4-5-7/h2-6,8H2,1H3. The van der Waals surface area contributed by atoms with Crippen molar-refractivity contribution in [1.82, 2.24) is 0 Å². The summed E-state index contributed by atoms with van der Waals surface area (Å²) >= 11 is 0. The third-order valence-electron chi connectivity index (χ3n) is 2.17. The van der Waals surface area contributed by atoms with Gasteiger partial charge in [-0.05, 0) is 31.2 Å². The van der Waals surface area contributed by atoms with Crippen molar-refractivity contribution in [3.05, 3.63) is 0 Å². The van der Waals surface area contributed by atoms with E-state index in [9.17, 15) is 0 Å².